The average Bonchev–Trinajstić information content (AvgIpc) is 3.66. The first-order valence-corrected chi connectivity index (χ1v) is 20.3. The van der Waals surface area contributed by atoms with Crippen molar-refractivity contribution in [3.05, 3.63) is 76.4 Å². The molecule has 1 N–H and O–H groups in total. The molecule has 2 aromatic heterocycles. The molecule has 1 saturated carbocycles. The number of methoxy groups -OCH3 is 1. The topological polar surface area (TPSA) is 119 Å². The second-order valence-electron chi connectivity index (χ2n) is 15.3. The van der Waals surface area contributed by atoms with Crippen LogP contribution in [-0.4, -0.2) is 82.7 Å². The van der Waals surface area contributed by atoms with Gasteiger partial charge < -0.3 is 29.1 Å². The Balaban J connectivity index is 1.23. The number of rotatable bonds is 14. The van der Waals surface area contributed by atoms with Crippen LogP contribution >= 0.6 is 11.3 Å². The summed E-state index contributed by atoms with van der Waals surface area (Å²) in [4.78, 5) is 46.3. The number of piperidine rings is 2. The quantitative estimate of drug-likeness (QED) is 0.126. The van der Waals surface area contributed by atoms with E-state index in [0.29, 0.717) is 68.6 Å². The lowest BCUT2D eigenvalue weighted by molar-refractivity contribution is -0.164. The van der Waals surface area contributed by atoms with Gasteiger partial charge in [-0.2, -0.15) is 26.3 Å². The third kappa shape index (κ3) is 8.66. The van der Waals surface area contributed by atoms with Crippen molar-refractivity contribution in [2.24, 2.45) is 5.41 Å². The molecule has 4 heterocycles. The van der Waals surface area contributed by atoms with Crippen molar-refractivity contribution in [2.75, 3.05) is 33.4 Å². The van der Waals surface area contributed by atoms with Gasteiger partial charge in [0.05, 0.1) is 29.2 Å². The van der Waals surface area contributed by atoms with Gasteiger partial charge in [0.25, 0.3) is 11.8 Å². The fraction of sp³-hybridized carbons (Fsp3) is 0.561. The highest BCUT2D eigenvalue weighted by molar-refractivity contribution is 7.13. The number of carboxylic acid groups (broad SMARTS) is 1. The predicted octanol–water partition coefficient (Wildman–Crippen LogP) is 8.98. The van der Waals surface area contributed by atoms with E-state index in [2.05, 4.69) is 4.98 Å². The van der Waals surface area contributed by atoms with E-state index < -0.39 is 68.9 Å². The van der Waals surface area contributed by atoms with Crippen LogP contribution in [0.1, 0.15) is 104 Å². The first-order valence-electron chi connectivity index (χ1n) is 19.5. The predicted molar refractivity (Wildman–Crippen MR) is 200 cm³/mol. The van der Waals surface area contributed by atoms with Gasteiger partial charge in [-0.05, 0) is 93.3 Å². The fourth-order valence-corrected chi connectivity index (χ4v) is 9.43. The zero-order valence-electron chi connectivity index (χ0n) is 32.3. The number of hydrogen-bond donors (Lipinski definition) is 1. The molecule has 2 aliphatic heterocycles. The van der Waals surface area contributed by atoms with Gasteiger partial charge in [0.15, 0.2) is 5.06 Å². The van der Waals surface area contributed by atoms with Crippen molar-refractivity contribution in [3.8, 4) is 10.8 Å². The van der Waals surface area contributed by atoms with Gasteiger partial charge in [0.2, 0.25) is 5.60 Å². The highest BCUT2D eigenvalue weighted by Gasteiger charge is 2.57. The lowest BCUT2D eigenvalue weighted by atomic mass is 9.66. The first-order chi connectivity index (χ1) is 27.5. The van der Waals surface area contributed by atoms with E-state index >= 15 is 0 Å². The Morgan fingerprint density at radius 3 is 2.19 bits per heavy atom. The minimum Gasteiger partial charge on any atom is -0.494 e. The number of carbonyl (C=O) groups is 3. The van der Waals surface area contributed by atoms with E-state index in [0.717, 1.165) is 42.4 Å². The molecule has 0 unspecified atom stereocenters. The summed E-state index contributed by atoms with van der Waals surface area (Å²) >= 11 is 0.305. The number of thiophene rings is 1. The molecule has 2 saturated heterocycles. The number of aromatic nitrogens is 1. The van der Waals surface area contributed by atoms with Gasteiger partial charge in [0, 0.05) is 39.4 Å². The molecular formula is C41H47F6N3O7S. The SMILES string of the molecule is CCC[C@H]1N(C(=O)c2ncccc2C(F)(F)F)CCC[C@@]1(Oc1ccc(C(F)(F)F)s1)C(=O)N1CCC(OC)(c2ccc(OCCCC3(C(=O)O)CCC3)cc2)CC1. The number of hydrogen-bond acceptors (Lipinski definition) is 8. The number of carboxylic acids is 1. The maximum Gasteiger partial charge on any atom is 0.425 e. The Bertz CT molecular complexity index is 1930. The average molecular weight is 840 g/mol. The van der Waals surface area contributed by atoms with Crippen LogP contribution in [0.15, 0.2) is 54.7 Å². The number of pyridine rings is 1. The molecule has 0 bridgehead atoms. The highest BCUT2D eigenvalue weighted by Crippen LogP contribution is 2.46. The van der Waals surface area contributed by atoms with Crippen LogP contribution in [0.25, 0.3) is 0 Å². The Morgan fingerprint density at radius 2 is 1.62 bits per heavy atom. The second-order valence-corrected chi connectivity index (χ2v) is 16.4. The zero-order valence-corrected chi connectivity index (χ0v) is 33.1. The van der Waals surface area contributed by atoms with Crippen molar-refractivity contribution < 1.29 is 60.0 Å². The third-order valence-electron chi connectivity index (χ3n) is 12.0. The van der Waals surface area contributed by atoms with Crippen LogP contribution in [0.4, 0.5) is 26.3 Å². The molecule has 17 heteroatoms. The number of amides is 2. The molecule has 3 aliphatic rings. The summed E-state index contributed by atoms with van der Waals surface area (Å²) in [6.07, 6.45) is -3.85. The highest BCUT2D eigenvalue weighted by atomic mass is 32.1. The van der Waals surface area contributed by atoms with Crippen LogP contribution in [0.5, 0.6) is 10.8 Å². The number of aliphatic carboxylic acids is 1. The molecule has 0 spiro atoms. The van der Waals surface area contributed by atoms with Crippen LogP contribution in [-0.2, 0) is 32.3 Å². The Hall–Kier alpha value is -4.38. The second kappa shape index (κ2) is 17.1. The number of likely N-dealkylation sites (tertiary alicyclic amines) is 2. The van der Waals surface area contributed by atoms with Gasteiger partial charge in [-0.1, -0.05) is 43.2 Å². The number of halogens is 6. The fourth-order valence-electron chi connectivity index (χ4n) is 8.63. The van der Waals surface area contributed by atoms with E-state index in [1.807, 2.05) is 12.1 Å². The number of carbonyl (C=O) groups excluding carboxylic acids is 2. The maximum atomic E-state index is 15.0. The number of benzene rings is 1. The third-order valence-corrected chi connectivity index (χ3v) is 13.0. The summed E-state index contributed by atoms with van der Waals surface area (Å²) in [5, 5.41) is 9.38. The molecule has 3 fully saturated rings. The van der Waals surface area contributed by atoms with Gasteiger partial charge in [-0.15, -0.1) is 0 Å². The van der Waals surface area contributed by atoms with Crippen LogP contribution in [0.3, 0.4) is 0 Å². The van der Waals surface area contributed by atoms with Crippen molar-refractivity contribution in [1.29, 1.82) is 0 Å². The molecule has 2 atom stereocenters. The number of nitrogens with zero attached hydrogens (tertiary/aromatic N) is 3. The molecule has 1 aromatic carbocycles. The normalized spacial score (nSPS) is 21.9. The molecule has 3 aromatic rings. The van der Waals surface area contributed by atoms with Crippen molar-refractivity contribution >= 4 is 29.1 Å². The Labute approximate surface area is 336 Å². The summed E-state index contributed by atoms with van der Waals surface area (Å²) in [5.41, 5.74) is -4.65. The largest absolute Gasteiger partial charge is 0.494 e. The summed E-state index contributed by atoms with van der Waals surface area (Å²) in [6, 6.07) is 9.99. The number of alkyl halides is 6. The van der Waals surface area contributed by atoms with E-state index in [9.17, 15) is 45.8 Å². The van der Waals surface area contributed by atoms with Gasteiger partial charge in [-0.3, -0.25) is 19.4 Å². The van der Waals surface area contributed by atoms with E-state index in [1.54, 1.807) is 26.2 Å². The summed E-state index contributed by atoms with van der Waals surface area (Å²) in [6.45, 7) is 2.40. The summed E-state index contributed by atoms with van der Waals surface area (Å²) in [5.74, 6) is -1.79. The summed E-state index contributed by atoms with van der Waals surface area (Å²) < 4.78 is 102. The van der Waals surface area contributed by atoms with E-state index in [1.165, 1.54) is 9.80 Å². The lowest BCUT2D eigenvalue weighted by Gasteiger charge is -2.51. The first kappa shape index (κ1) is 43.2. The van der Waals surface area contributed by atoms with E-state index in [-0.39, 0.29) is 44.0 Å². The molecular weight excluding hydrogens is 793 g/mol. The van der Waals surface area contributed by atoms with Crippen LogP contribution in [0, 0.1) is 5.41 Å². The zero-order chi connectivity index (χ0) is 41.9. The van der Waals surface area contributed by atoms with Crippen LogP contribution in [0.2, 0.25) is 0 Å². The lowest BCUT2D eigenvalue weighted by Crippen LogP contribution is -2.68. The Morgan fingerprint density at radius 1 is 0.914 bits per heavy atom. The van der Waals surface area contributed by atoms with Gasteiger partial charge in [-0.25, -0.2) is 0 Å². The van der Waals surface area contributed by atoms with Crippen molar-refractivity contribution in [1.82, 2.24) is 14.8 Å². The van der Waals surface area contributed by atoms with Crippen molar-refractivity contribution in [2.45, 2.75) is 107 Å². The van der Waals surface area contributed by atoms with E-state index in [4.69, 9.17) is 14.2 Å². The minimum atomic E-state index is -4.90. The molecule has 2 amide bonds. The Kier molecular flexibility index (Phi) is 12.7. The minimum absolute atomic E-state index is 0.00144. The monoisotopic (exact) mass is 839 g/mol. The molecule has 316 valence electrons. The molecule has 6 rings (SSSR count). The van der Waals surface area contributed by atoms with Crippen LogP contribution < -0.4 is 9.47 Å². The smallest absolute Gasteiger partial charge is 0.425 e. The standard InChI is InChI=1S/C41H47F6N3O7S/c1-3-8-30-39(57-32-15-14-31(58-32)41(45,46)47,19-6-23-50(30)34(51)33-29(40(42,43)44)9-4-22-48-33)35(52)49-24-20-38(55-2,21-25-49)27-10-12-28(13-11-27)56-26-7-18-37(36(53)54)16-5-17-37/h4,9-15,22,30H,3,5-8,16-21,23-26H2,1-2H3,(H,53,54)/t30-,39+/m1/s1. The number of ether oxygens (including phenoxy) is 3. The molecule has 1 aliphatic carbocycles. The summed E-state index contributed by atoms with van der Waals surface area (Å²) in [7, 11) is 1.56. The molecule has 0 radical (unpaired) electrons. The van der Waals surface area contributed by atoms with Gasteiger partial charge >= 0.3 is 18.3 Å². The molecule has 10 nitrogen and oxygen atoms in total. The van der Waals surface area contributed by atoms with Crippen molar-refractivity contribution in [3.63, 3.8) is 0 Å². The van der Waals surface area contributed by atoms with Gasteiger partial charge in [0.1, 0.15) is 16.3 Å². The maximum absolute atomic E-state index is 15.0. The molecule has 58 heavy (non-hydrogen) atoms.